The SMILES string of the molecule is CNc1ncc(S(=O)(=O)N2CCCCC2)cc1Cl. The van der Waals surface area contributed by atoms with Crippen LogP contribution >= 0.6 is 11.6 Å². The van der Waals surface area contributed by atoms with Crippen LogP contribution in [-0.2, 0) is 10.0 Å². The number of sulfonamides is 1. The molecule has 2 heterocycles. The van der Waals surface area contributed by atoms with Crippen molar-refractivity contribution in [2.24, 2.45) is 0 Å². The number of nitrogens with zero attached hydrogens (tertiary/aromatic N) is 2. The van der Waals surface area contributed by atoms with E-state index >= 15 is 0 Å². The van der Waals surface area contributed by atoms with Crippen LogP contribution in [0.5, 0.6) is 0 Å². The molecular weight excluding hydrogens is 274 g/mol. The highest BCUT2D eigenvalue weighted by Gasteiger charge is 2.26. The van der Waals surface area contributed by atoms with Crippen LogP contribution in [0, 0.1) is 0 Å². The fourth-order valence-electron chi connectivity index (χ4n) is 2.00. The number of pyridine rings is 1. The largest absolute Gasteiger partial charge is 0.372 e. The Labute approximate surface area is 112 Å². The number of aromatic nitrogens is 1. The normalized spacial score (nSPS) is 17.7. The summed E-state index contributed by atoms with van der Waals surface area (Å²) in [5.41, 5.74) is 0. The Morgan fingerprint density at radius 2 is 2.00 bits per heavy atom. The minimum absolute atomic E-state index is 0.161. The standard InChI is InChI=1S/C11H16ClN3O2S/c1-13-11-10(12)7-9(8-14-11)18(16,17)15-5-3-2-4-6-15/h7-8H,2-6H2,1H3,(H,13,14). The van der Waals surface area contributed by atoms with Crippen LogP contribution in [0.4, 0.5) is 5.82 Å². The van der Waals surface area contributed by atoms with Crippen molar-refractivity contribution in [1.29, 1.82) is 0 Å². The van der Waals surface area contributed by atoms with Gasteiger partial charge >= 0.3 is 0 Å². The Morgan fingerprint density at radius 1 is 1.33 bits per heavy atom. The molecule has 1 aliphatic rings. The molecule has 0 atom stereocenters. The molecule has 0 aliphatic carbocycles. The Hall–Kier alpha value is -0.850. The molecule has 1 N–H and O–H groups in total. The highest BCUT2D eigenvalue weighted by atomic mass is 35.5. The number of piperidine rings is 1. The van der Waals surface area contributed by atoms with Gasteiger partial charge in [-0.15, -0.1) is 0 Å². The molecule has 0 spiro atoms. The van der Waals surface area contributed by atoms with Crippen LogP contribution in [0.25, 0.3) is 0 Å². The van der Waals surface area contributed by atoms with Crippen molar-refractivity contribution in [2.45, 2.75) is 24.2 Å². The highest BCUT2D eigenvalue weighted by molar-refractivity contribution is 7.89. The molecule has 18 heavy (non-hydrogen) atoms. The number of rotatable bonds is 3. The van der Waals surface area contributed by atoms with E-state index in [1.54, 1.807) is 7.05 Å². The molecule has 0 amide bonds. The van der Waals surface area contributed by atoms with Gasteiger partial charge in [0.1, 0.15) is 10.7 Å². The number of anilines is 1. The molecule has 1 aliphatic heterocycles. The van der Waals surface area contributed by atoms with E-state index in [1.165, 1.54) is 16.6 Å². The third-order valence-electron chi connectivity index (χ3n) is 3.01. The molecule has 0 radical (unpaired) electrons. The second kappa shape index (κ2) is 5.42. The smallest absolute Gasteiger partial charge is 0.244 e. The van der Waals surface area contributed by atoms with Gasteiger partial charge in [-0.2, -0.15) is 4.31 Å². The van der Waals surface area contributed by atoms with Gasteiger partial charge < -0.3 is 5.32 Å². The lowest BCUT2D eigenvalue weighted by molar-refractivity contribution is 0.346. The van der Waals surface area contributed by atoms with Crippen molar-refractivity contribution in [1.82, 2.24) is 9.29 Å². The molecule has 1 aromatic rings. The Kier molecular flexibility index (Phi) is 4.09. The highest BCUT2D eigenvalue weighted by Crippen LogP contribution is 2.25. The molecule has 2 rings (SSSR count). The summed E-state index contributed by atoms with van der Waals surface area (Å²) in [6, 6.07) is 1.45. The van der Waals surface area contributed by atoms with E-state index in [0.717, 1.165) is 19.3 Å². The molecule has 5 nitrogen and oxygen atoms in total. The topological polar surface area (TPSA) is 62.3 Å². The van der Waals surface area contributed by atoms with Crippen LogP contribution in [0.3, 0.4) is 0 Å². The summed E-state index contributed by atoms with van der Waals surface area (Å²) in [6.45, 7) is 1.15. The summed E-state index contributed by atoms with van der Waals surface area (Å²) in [5.74, 6) is 0.481. The van der Waals surface area contributed by atoms with E-state index in [0.29, 0.717) is 23.9 Å². The van der Waals surface area contributed by atoms with Gasteiger partial charge in [-0.1, -0.05) is 18.0 Å². The van der Waals surface area contributed by atoms with Gasteiger partial charge in [-0.3, -0.25) is 0 Å². The average molecular weight is 290 g/mol. The molecule has 1 saturated heterocycles. The van der Waals surface area contributed by atoms with E-state index in [1.807, 2.05) is 0 Å². The van der Waals surface area contributed by atoms with Gasteiger partial charge in [-0.05, 0) is 18.9 Å². The first kappa shape index (κ1) is 13.6. The molecule has 0 aromatic carbocycles. The van der Waals surface area contributed by atoms with Gasteiger partial charge in [0.2, 0.25) is 10.0 Å². The molecule has 0 saturated carbocycles. The van der Waals surface area contributed by atoms with Gasteiger partial charge in [0.15, 0.2) is 0 Å². The Bertz CT molecular complexity index is 527. The summed E-state index contributed by atoms with van der Waals surface area (Å²) in [7, 11) is -1.76. The maximum atomic E-state index is 12.3. The Balaban J connectivity index is 2.32. The molecule has 1 fully saturated rings. The first-order valence-electron chi connectivity index (χ1n) is 5.89. The van der Waals surface area contributed by atoms with E-state index in [4.69, 9.17) is 11.6 Å². The third kappa shape index (κ3) is 2.60. The summed E-state index contributed by atoms with van der Waals surface area (Å²) >= 11 is 5.97. The maximum absolute atomic E-state index is 12.3. The van der Waals surface area contributed by atoms with E-state index in [-0.39, 0.29) is 4.90 Å². The van der Waals surface area contributed by atoms with E-state index < -0.39 is 10.0 Å². The fourth-order valence-corrected chi connectivity index (χ4v) is 3.81. The summed E-state index contributed by atoms with van der Waals surface area (Å²) in [6.07, 6.45) is 4.26. The third-order valence-corrected chi connectivity index (χ3v) is 5.16. The summed E-state index contributed by atoms with van der Waals surface area (Å²) in [5, 5.41) is 3.12. The van der Waals surface area contributed by atoms with E-state index in [9.17, 15) is 8.42 Å². The lowest BCUT2D eigenvalue weighted by atomic mass is 10.2. The molecular formula is C11H16ClN3O2S. The van der Waals surface area contributed by atoms with Crippen molar-refractivity contribution in [3.8, 4) is 0 Å². The van der Waals surface area contributed by atoms with Crippen LogP contribution in [0.1, 0.15) is 19.3 Å². The fraction of sp³-hybridized carbons (Fsp3) is 0.545. The van der Waals surface area contributed by atoms with Crippen molar-refractivity contribution >= 4 is 27.4 Å². The Morgan fingerprint density at radius 3 is 2.56 bits per heavy atom. The zero-order chi connectivity index (χ0) is 13.2. The van der Waals surface area contributed by atoms with Crippen molar-refractivity contribution < 1.29 is 8.42 Å². The second-order valence-corrected chi connectivity index (χ2v) is 6.56. The monoisotopic (exact) mass is 289 g/mol. The van der Waals surface area contributed by atoms with E-state index in [2.05, 4.69) is 10.3 Å². The summed E-state index contributed by atoms with van der Waals surface area (Å²) < 4.78 is 26.2. The first-order valence-corrected chi connectivity index (χ1v) is 7.71. The maximum Gasteiger partial charge on any atom is 0.244 e. The summed E-state index contributed by atoms with van der Waals surface area (Å²) in [4.78, 5) is 4.17. The first-order chi connectivity index (χ1) is 8.55. The molecule has 7 heteroatoms. The predicted octanol–water partition coefficient (Wildman–Crippen LogP) is 1.95. The van der Waals surface area contributed by atoms with Crippen LogP contribution < -0.4 is 5.32 Å². The number of halogens is 1. The van der Waals surface area contributed by atoms with Gasteiger partial charge in [-0.25, -0.2) is 13.4 Å². The predicted molar refractivity (Wildman–Crippen MR) is 71.4 cm³/mol. The van der Waals surface area contributed by atoms with Crippen LogP contribution in [-0.4, -0.2) is 37.8 Å². The number of hydrogen-bond acceptors (Lipinski definition) is 4. The second-order valence-electron chi connectivity index (χ2n) is 4.22. The van der Waals surface area contributed by atoms with Crippen molar-refractivity contribution in [3.63, 3.8) is 0 Å². The van der Waals surface area contributed by atoms with Crippen molar-refractivity contribution in [2.75, 3.05) is 25.5 Å². The van der Waals surface area contributed by atoms with Crippen LogP contribution in [0.2, 0.25) is 5.02 Å². The average Bonchev–Trinajstić information content (AvgIpc) is 2.39. The quantitative estimate of drug-likeness (QED) is 0.924. The van der Waals surface area contributed by atoms with Crippen molar-refractivity contribution in [3.05, 3.63) is 17.3 Å². The van der Waals surface area contributed by atoms with Crippen LogP contribution in [0.15, 0.2) is 17.2 Å². The lowest BCUT2D eigenvalue weighted by Gasteiger charge is -2.25. The van der Waals surface area contributed by atoms with Gasteiger partial charge in [0.05, 0.1) is 5.02 Å². The minimum atomic E-state index is -3.45. The molecule has 0 bridgehead atoms. The zero-order valence-electron chi connectivity index (χ0n) is 10.2. The zero-order valence-corrected chi connectivity index (χ0v) is 11.8. The molecule has 1 aromatic heterocycles. The minimum Gasteiger partial charge on any atom is -0.372 e. The number of hydrogen-bond donors (Lipinski definition) is 1. The molecule has 0 unspecified atom stereocenters. The number of nitrogens with one attached hydrogen (secondary N) is 1. The lowest BCUT2D eigenvalue weighted by Crippen LogP contribution is -2.35. The molecule has 100 valence electrons. The van der Waals surface area contributed by atoms with Gasteiger partial charge in [0.25, 0.3) is 0 Å². The van der Waals surface area contributed by atoms with Gasteiger partial charge in [0, 0.05) is 26.3 Å².